The molecule has 0 radical (unpaired) electrons. The Kier molecular flexibility index (Phi) is 13.8. The number of nitrogens with zero attached hydrogens (tertiary/aromatic N) is 7. The fourth-order valence-electron chi connectivity index (χ4n) is 5.06. The summed E-state index contributed by atoms with van der Waals surface area (Å²) in [4.78, 5) is 6.31. The molecule has 1 fully saturated rings. The predicted molar refractivity (Wildman–Crippen MR) is 169 cm³/mol. The van der Waals surface area contributed by atoms with Crippen molar-refractivity contribution in [2.24, 2.45) is 0 Å². The van der Waals surface area contributed by atoms with E-state index in [1.807, 2.05) is 11.0 Å². The van der Waals surface area contributed by atoms with Crippen LogP contribution in [0.4, 0.5) is 11.9 Å². The minimum atomic E-state index is 0.153. The van der Waals surface area contributed by atoms with E-state index in [-0.39, 0.29) is 11.7 Å². The second-order valence-corrected chi connectivity index (χ2v) is 11.8. The Bertz CT molecular complexity index is 1110. The second kappa shape index (κ2) is 17.3. The molecule has 10 nitrogen and oxygen atoms in total. The standard InChI is InChI=1S/C16H36N.C14H15N7O2S/c1-5-9-13-17(14-10-6-2,15-11-7-3)16-12-8-4;15-12-16-13(20-5-7-23-8-6-20)19-21(12)14-18-17-11(24-14)9-3-1-2-4-10(9)22/h5-16H2,1-4H3;1-4,22H,5-8H2,(H2,15,16,19)/q+1;. The SMILES string of the molecule is CCCC[N+](CCCC)(CCCC)CCCC.Nc1nc(N2CCOCC2)nn1-c1nnc(-c2ccccc2O)s1. The third-order valence-corrected chi connectivity index (χ3v) is 8.52. The van der Waals surface area contributed by atoms with Crippen molar-refractivity contribution in [1.82, 2.24) is 25.0 Å². The number of morpholine rings is 1. The van der Waals surface area contributed by atoms with Crippen molar-refractivity contribution in [2.75, 3.05) is 63.1 Å². The van der Waals surface area contributed by atoms with Crippen LogP contribution < -0.4 is 10.6 Å². The third-order valence-electron chi connectivity index (χ3n) is 7.59. The van der Waals surface area contributed by atoms with Gasteiger partial charge in [0.2, 0.25) is 17.0 Å². The Morgan fingerprint density at radius 2 is 1.44 bits per heavy atom. The first-order valence-corrected chi connectivity index (χ1v) is 16.3. The molecule has 1 aliphatic heterocycles. The van der Waals surface area contributed by atoms with E-state index in [1.54, 1.807) is 18.2 Å². The van der Waals surface area contributed by atoms with Crippen LogP contribution >= 0.6 is 11.3 Å². The first-order valence-electron chi connectivity index (χ1n) is 15.5. The molecule has 0 unspecified atom stereocenters. The Balaban J connectivity index is 0.000000242. The lowest BCUT2D eigenvalue weighted by molar-refractivity contribution is -0.929. The number of aromatic nitrogens is 5. The van der Waals surface area contributed by atoms with Crippen molar-refractivity contribution in [2.45, 2.75) is 79.1 Å². The summed E-state index contributed by atoms with van der Waals surface area (Å²) in [6.07, 6.45) is 11.1. The molecular formula is C30H51N8O2S+. The van der Waals surface area contributed by atoms with Crippen LogP contribution in [0.25, 0.3) is 15.7 Å². The number of ether oxygens (including phenoxy) is 1. The highest BCUT2D eigenvalue weighted by atomic mass is 32.1. The average Bonchev–Trinajstić information content (AvgIpc) is 3.64. The first-order chi connectivity index (χ1) is 20.0. The van der Waals surface area contributed by atoms with E-state index < -0.39 is 0 Å². The van der Waals surface area contributed by atoms with E-state index >= 15 is 0 Å². The van der Waals surface area contributed by atoms with Gasteiger partial charge >= 0.3 is 0 Å². The normalized spacial score (nSPS) is 13.7. The first kappa shape index (κ1) is 32.8. The molecule has 0 aliphatic carbocycles. The van der Waals surface area contributed by atoms with E-state index in [0.29, 0.717) is 34.9 Å². The van der Waals surface area contributed by atoms with Gasteiger partial charge in [-0.1, -0.05) is 76.8 Å². The van der Waals surface area contributed by atoms with Crippen molar-refractivity contribution < 1.29 is 14.3 Å². The molecule has 1 aromatic carbocycles. The van der Waals surface area contributed by atoms with E-state index in [1.165, 1.54) is 98.0 Å². The van der Waals surface area contributed by atoms with Gasteiger partial charge in [-0.3, -0.25) is 0 Å². The second-order valence-electron chi connectivity index (χ2n) is 10.8. The number of nitrogens with two attached hydrogens (primary N) is 1. The van der Waals surface area contributed by atoms with Crippen LogP contribution in [0.2, 0.25) is 0 Å². The molecule has 2 aromatic heterocycles. The molecule has 11 heteroatoms. The van der Waals surface area contributed by atoms with Gasteiger partial charge < -0.3 is 25.0 Å². The van der Waals surface area contributed by atoms with Crippen LogP contribution in [0.5, 0.6) is 5.75 Å². The Morgan fingerprint density at radius 1 is 0.878 bits per heavy atom. The molecule has 3 aromatic rings. The lowest BCUT2D eigenvalue weighted by atomic mass is 10.1. The van der Waals surface area contributed by atoms with E-state index in [0.717, 1.165) is 13.1 Å². The molecule has 3 N–H and O–H groups in total. The summed E-state index contributed by atoms with van der Waals surface area (Å²) in [5.74, 6) is 0.951. The quantitative estimate of drug-likeness (QED) is 0.211. The van der Waals surface area contributed by atoms with Crippen LogP contribution in [0.15, 0.2) is 24.3 Å². The fourth-order valence-corrected chi connectivity index (χ4v) is 5.90. The monoisotopic (exact) mass is 587 g/mol. The number of unbranched alkanes of at least 4 members (excludes halogenated alkanes) is 4. The highest BCUT2D eigenvalue weighted by Gasteiger charge is 2.25. The number of benzene rings is 1. The topological polar surface area (TPSA) is 115 Å². The van der Waals surface area contributed by atoms with Crippen molar-refractivity contribution in [1.29, 1.82) is 0 Å². The smallest absolute Gasteiger partial charge is 0.247 e. The van der Waals surface area contributed by atoms with Crippen molar-refractivity contribution in [3.63, 3.8) is 0 Å². The zero-order valence-electron chi connectivity index (χ0n) is 25.6. The summed E-state index contributed by atoms with van der Waals surface area (Å²) in [5, 5.41) is 23.7. The number of anilines is 2. The van der Waals surface area contributed by atoms with Crippen molar-refractivity contribution in [3.05, 3.63) is 24.3 Å². The summed E-state index contributed by atoms with van der Waals surface area (Å²) in [5.41, 5.74) is 6.60. The summed E-state index contributed by atoms with van der Waals surface area (Å²) in [6, 6.07) is 6.97. The maximum absolute atomic E-state index is 9.93. The number of hydrogen-bond donors (Lipinski definition) is 2. The zero-order chi connectivity index (χ0) is 29.5. The summed E-state index contributed by atoms with van der Waals surface area (Å²) in [6.45, 7) is 17.8. The van der Waals surface area contributed by atoms with Gasteiger partial charge in [-0.15, -0.1) is 15.3 Å². The zero-order valence-corrected chi connectivity index (χ0v) is 26.4. The third kappa shape index (κ3) is 9.65. The van der Waals surface area contributed by atoms with Gasteiger partial charge in [-0.2, -0.15) is 9.67 Å². The molecule has 1 aliphatic rings. The van der Waals surface area contributed by atoms with Gasteiger partial charge in [-0.05, 0) is 37.8 Å². The minimum absolute atomic E-state index is 0.153. The molecule has 1 saturated heterocycles. The molecule has 41 heavy (non-hydrogen) atoms. The Hall–Kier alpha value is -2.76. The highest BCUT2D eigenvalue weighted by molar-refractivity contribution is 7.17. The molecule has 0 saturated carbocycles. The predicted octanol–water partition coefficient (Wildman–Crippen LogP) is 5.91. The van der Waals surface area contributed by atoms with Crippen LogP contribution in [-0.4, -0.2) is 87.0 Å². The van der Waals surface area contributed by atoms with Crippen LogP contribution in [0.3, 0.4) is 0 Å². The molecule has 3 heterocycles. The number of hydrogen-bond acceptors (Lipinski definition) is 9. The highest BCUT2D eigenvalue weighted by Crippen LogP contribution is 2.32. The maximum Gasteiger partial charge on any atom is 0.247 e. The fraction of sp³-hybridized carbons (Fsp3) is 0.667. The molecule has 4 rings (SSSR count). The summed E-state index contributed by atoms with van der Waals surface area (Å²) >= 11 is 1.28. The number of phenolic OH excluding ortho intramolecular Hbond substituents is 1. The summed E-state index contributed by atoms with van der Waals surface area (Å²) < 4.78 is 8.21. The number of para-hydroxylation sites is 1. The van der Waals surface area contributed by atoms with Crippen LogP contribution in [-0.2, 0) is 4.74 Å². The Morgan fingerprint density at radius 3 is 1.98 bits per heavy atom. The van der Waals surface area contributed by atoms with E-state index in [2.05, 4.69) is 48.0 Å². The maximum atomic E-state index is 9.93. The lowest BCUT2D eigenvalue weighted by Gasteiger charge is -2.39. The molecule has 0 bridgehead atoms. The number of phenols is 1. The van der Waals surface area contributed by atoms with Gasteiger partial charge in [-0.25, -0.2) is 0 Å². The van der Waals surface area contributed by atoms with Gasteiger partial charge in [0.15, 0.2) is 5.01 Å². The Labute approximate surface area is 250 Å². The van der Waals surface area contributed by atoms with E-state index in [9.17, 15) is 5.11 Å². The van der Waals surface area contributed by atoms with Gasteiger partial charge in [0, 0.05) is 13.1 Å². The number of rotatable bonds is 15. The van der Waals surface area contributed by atoms with E-state index in [4.69, 9.17) is 10.5 Å². The van der Waals surface area contributed by atoms with Gasteiger partial charge in [0.1, 0.15) is 5.75 Å². The molecule has 0 atom stereocenters. The van der Waals surface area contributed by atoms with Crippen molar-refractivity contribution in [3.8, 4) is 21.5 Å². The molecule has 0 amide bonds. The van der Waals surface area contributed by atoms with Gasteiger partial charge in [0.05, 0.1) is 45.0 Å². The molecular weight excluding hydrogens is 536 g/mol. The lowest BCUT2D eigenvalue weighted by Crippen LogP contribution is -2.50. The minimum Gasteiger partial charge on any atom is -0.507 e. The van der Waals surface area contributed by atoms with Crippen molar-refractivity contribution >= 4 is 23.2 Å². The van der Waals surface area contributed by atoms with Crippen LogP contribution in [0, 0.1) is 0 Å². The largest absolute Gasteiger partial charge is 0.507 e. The summed E-state index contributed by atoms with van der Waals surface area (Å²) in [7, 11) is 0. The van der Waals surface area contributed by atoms with Gasteiger partial charge in [0.25, 0.3) is 0 Å². The number of nitrogen functional groups attached to an aromatic ring is 1. The number of aromatic hydroxyl groups is 1. The molecule has 228 valence electrons. The molecule has 0 spiro atoms. The number of quaternary nitrogens is 1. The van der Waals surface area contributed by atoms with Crippen LogP contribution in [0.1, 0.15) is 79.1 Å². The average molecular weight is 588 g/mol.